The van der Waals surface area contributed by atoms with E-state index >= 15 is 0 Å². The molecule has 0 heterocycles. The van der Waals surface area contributed by atoms with Gasteiger partial charge in [-0.3, -0.25) is 4.79 Å². The molecular formula is C18H22N2O. The molecule has 0 aliphatic rings. The first-order valence-corrected chi connectivity index (χ1v) is 7.31. The standard InChI is InChI=1S/C18H22N2O/c1-14(16-10-6-3-7-11-16)20-18(21)17(19)13-12-15-8-4-2-5-9-15/h2-11,14,17H,12-13,19H2,1H3,(H,20,21)/t14-,17?/m1/s1. The highest BCUT2D eigenvalue weighted by Gasteiger charge is 2.16. The number of benzene rings is 2. The maximum Gasteiger partial charge on any atom is 0.237 e. The van der Waals surface area contributed by atoms with Gasteiger partial charge in [0.1, 0.15) is 0 Å². The van der Waals surface area contributed by atoms with E-state index in [1.54, 1.807) is 0 Å². The summed E-state index contributed by atoms with van der Waals surface area (Å²) < 4.78 is 0. The molecule has 2 aromatic rings. The van der Waals surface area contributed by atoms with Gasteiger partial charge >= 0.3 is 0 Å². The van der Waals surface area contributed by atoms with Gasteiger partial charge in [0.25, 0.3) is 0 Å². The Morgan fingerprint density at radius 3 is 2.24 bits per heavy atom. The van der Waals surface area contributed by atoms with Crippen molar-refractivity contribution in [3.05, 3.63) is 71.8 Å². The number of carbonyl (C=O) groups excluding carboxylic acids is 1. The molecule has 3 N–H and O–H groups in total. The van der Waals surface area contributed by atoms with Crippen molar-refractivity contribution >= 4 is 5.91 Å². The predicted molar refractivity (Wildman–Crippen MR) is 85.7 cm³/mol. The monoisotopic (exact) mass is 282 g/mol. The van der Waals surface area contributed by atoms with Crippen molar-refractivity contribution in [3.63, 3.8) is 0 Å². The molecule has 0 saturated carbocycles. The zero-order chi connectivity index (χ0) is 15.1. The van der Waals surface area contributed by atoms with Crippen LogP contribution in [0.5, 0.6) is 0 Å². The summed E-state index contributed by atoms with van der Waals surface area (Å²) in [5, 5.41) is 2.97. The zero-order valence-corrected chi connectivity index (χ0v) is 12.3. The summed E-state index contributed by atoms with van der Waals surface area (Å²) in [6, 6.07) is 19.5. The van der Waals surface area contributed by atoms with Gasteiger partial charge in [-0.1, -0.05) is 60.7 Å². The van der Waals surface area contributed by atoms with Crippen LogP contribution in [0.3, 0.4) is 0 Å². The Kier molecular flexibility index (Phi) is 5.52. The minimum atomic E-state index is -0.476. The summed E-state index contributed by atoms with van der Waals surface area (Å²) in [4.78, 5) is 12.1. The predicted octanol–water partition coefficient (Wildman–Crippen LogP) is 2.82. The van der Waals surface area contributed by atoms with Gasteiger partial charge in [-0.15, -0.1) is 0 Å². The third kappa shape index (κ3) is 4.72. The number of carbonyl (C=O) groups is 1. The molecule has 2 atom stereocenters. The molecular weight excluding hydrogens is 260 g/mol. The molecule has 0 aliphatic heterocycles. The van der Waals surface area contributed by atoms with Gasteiger partial charge in [0.05, 0.1) is 12.1 Å². The molecule has 0 aromatic heterocycles. The highest BCUT2D eigenvalue weighted by atomic mass is 16.2. The summed E-state index contributed by atoms with van der Waals surface area (Å²) in [5.41, 5.74) is 8.27. The minimum absolute atomic E-state index is 0.0264. The molecule has 1 amide bonds. The fourth-order valence-corrected chi connectivity index (χ4v) is 2.24. The quantitative estimate of drug-likeness (QED) is 0.856. The molecule has 0 saturated heterocycles. The van der Waals surface area contributed by atoms with E-state index in [0.717, 1.165) is 12.0 Å². The lowest BCUT2D eigenvalue weighted by molar-refractivity contribution is -0.123. The Balaban J connectivity index is 1.82. The number of hydrogen-bond acceptors (Lipinski definition) is 2. The number of hydrogen-bond donors (Lipinski definition) is 2. The van der Waals surface area contributed by atoms with Crippen LogP contribution in [0.25, 0.3) is 0 Å². The summed E-state index contributed by atoms with van der Waals surface area (Å²) >= 11 is 0. The summed E-state index contributed by atoms with van der Waals surface area (Å²) in [7, 11) is 0. The van der Waals surface area contributed by atoms with Crippen LogP contribution in [0.2, 0.25) is 0 Å². The summed E-state index contributed by atoms with van der Waals surface area (Å²) in [5.74, 6) is -0.0951. The second-order valence-electron chi connectivity index (χ2n) is 5.27. The van der Waals surface area contributed by atoms with E-state index < -0.39 is 6.04 Å². The fourth-order valence-electron chi connectivity index (χ4n) is 2.24. The van der Waals surface area contributed by atoms with E-state index in [9.17, 15) is 4.79 Å². The Bertz CT molecular complexity index is 554. The van der Waals surface area contributed by atoms with Crippen molar-refractivity contribution in [3.8, 4) is 0 Å². The van der Waals surface area contributed by atoms with Crippen molar-refractivity contribution < 1.29 is 4.79 Å². The molecule has 110 valence electrons. The second kappa shape index (κ2) is 7.60. The number of nitrogens with one attached hydrogen (secondary N) is 1. The SMILES string of the molecule is C[C@@H](NC(=O)C(N)CCc1ccccc1)c1ccccc1. The number of rotatable bonds is 6. The van der Waals surface area contributed by atoms with E-state index in [0.29, 0.717) is 6.42 Å². The van der Waals surface area contributed by atoms with Crippen LogP contribution in [0, 0.1) is 0 Å². The number of amides is 1. The van der Waals surface area contributed by atoms with Gasteiger partial charge < -0.3 is 11.1 Å². The molecule has 3 heteroatoms. The largest absolute Gasteiger partial charge is 0.348 e. The Morgan fingerprint density at radius 2 is 1.62 bits per heavy atom. The average Bonchev–Trinajstić information content (AvgIpc) is 2.54. The van der Waals surface area contributed by atoms with Crippen molar-refractivity contribution in [2.45, 2.75) is 31.8 Å². The van der Waals surface area contributed by atoms with Crippen molar-refractivity contribution in [1.82, 2.24) is 5.32 Å². The Hall–Kier alpha value is -2.13. The van der Waals surface area contributed by atoms with Crippen LogP contribution < -0.4 is 11.1 Å². The lowest BCUT2D eigenvalue weighted by atomic mass is 10.0. The van der Waals surface area contributed by atoms with Crippen LogP contribution in [0.15, 0.2) is 60.7 Å². The molecule has 3 nitrogen and oxygen atoms in total. The van der Waals surface area contributed by atoms with Crippen molar-refractivity contribution in [2.75, 3.05) is 0 Å². The van der Waals surface area contributed by atoms with Gasteiger partial charge in [0, 0.05) is 0 Å². The Labute approximate surface area is 126 Å². The number of nitrogens with two attached hydrogens (primary N) is 1. The van der Waals surface area contributed by atoms with E-state index in [2.05, 4.69) is 17.4 Å². The summed E-state index contributed by atoms with van der Waals surface area (Å²) in [6.45, 7) is 1.97. The van der Waals surface area contributed by atoms with Crippen LogP contribution in [0.4, 0.5) is 0 Å². The van der Waals surface area contributed by atoms with Gasteiger partial charge in [0.15, 0.2) is 0 Å². The minimum Gasteiger partial charge on any atom is -0.348 e. The average molecular weight is 282 g/mol. The van der Waals surface area contributed by atoms with Crippen LogP contribution >= 0.6 is 0 Å². The molecule has 0 spiro atoms. The molecule has 0 aliphatic carbocycles. The van der Waals surface area contributed by atoms with Crippen molar-refractivity contribution in [1.29, 1.82) is 0 Å². The highest BCUT2D eigenvalue weighted by Crippen LogP contribution is 2.11. The Morgan fingerprint density at radius 1 is 1.05 bits per heavy atom. The second-order valence-corrected chi connectivity index (χ2v) is 5.27. The first-order valence-electron chi connectivity index (χ1n) is 7.31. The first kappa shape index (κ1) is 15.3. The maximum atomic E-state index is 12.1. The van der Waals surface area contributed by atoms with E-state index in [1.165, 1.54) is 5.56 Å². The normalized spacial score (nSPS) is 13.4. The third-order valence-electron chi connectivity index (χ3n) is 3.58. The smallest absolute Gasteiger partial charge is 0.237 e. The molecule has 0 radical (unpaired) electrons. The molecule has 21 heavy (non-hydrogen) atoms. The maximum absolute atomic E-state index is 12.1. The highest BCUT2D eigenvalue weighted by molar-refractivity contribution is 5.81. The lowest BCUT2D eigenvalue weighted by Gasteiger charge is -2.18. The third-order valence-corrected chi connectivity index (χ3v) is 3.58. The molecule has 0 fully saturated rings. The van der Waals surface area contributed by atoms with Gasteiger partial charge in [0.2, 0.25) is 5.91 Å². The summed E-state index contributed by atoms with van der Waals surface area (Å²) in [6.07, 6.45) is 1.46. The number of aryl methyl sites for hydroxylation is 1. The molecule has 2 aromatic carbocycles. The molecule has 2 rings (SSSR count). The van der Waals surface area contributed by atoms with Crippen LogP contribution in [-0.2, 0) is 11.2 Å². The van der Waals surface area contributed by atoms with E-state index in [4.69, 9.17) is 5.73 Å². The zero-order valence-electron chi connectivity index (χ0n) is 12.3. The van der Waals surface area contributed by atoms with Crippen LogP contribution in [-0.4, -0.2) is 11.9 Å². The molecule has 0 bridgehead atoms. The topological polar surface area (TPSA) is 55.1 Å². The lowest BCUT2D eigenvalue weighted by Crippen LogP contribution is -2.41. The fraction of sp³-hybridized carbons (Fsp3) is 0.278. The van der Waals surface area contributed by atoms with Gasteiger partial charge in [-0.25, -0.2) is 0 Å². The van der Waals surface area contributed by atoms with Crippen LogP contribution in [0.1, 0.15) is 30.5 Å². The van der Waals surface area contributed by atoms with Gasteiger partial charge in [-0.05, 0) is 30.9 Å². The van der Waals surface area contributed by atoms with E-state index in [1.807, 2.05) is 55.5 Å². The first-order chi connectivity index (χ1) is 10.2. The molecule has 1 unspecified atom stereocenters. The van der Waals surface area contributed by atoms with Crippen molar-refractivity contribution in [2.24, 2.45) is 5.73 Å². The van der Waals surface area contributed by atoms with E-state index in [-0.39, 0.29) is 11.9 Å². The van der Waals surface area contributed by atoms with Gasteiger partial charge in [-0.2, -0.15) is 0 Å².